The smallest absolute Gasteiger partial charge is 0.269 e. The number of pyridine rings is 1. The minimum atomic E-state index is -0.635. The summed E-state index contributed by atoms with van der Waals surface area (Å²) in [5, 5.41) is 12.4. The van der Waals surface area contributed by atoms with Crippen molar-refractivity contribution in [3.63, 3.8) is 0 Å². The highest BCUT2D eigenvalue weighted by molar-refractivity contribution is 6.09. The van der Waals surface area contributed by atoms with Gasteiger partial charge >= 0.3 is 0 Å². The molecule has 0 aliphatic heterocycles. The third-order valence-electron chi connectivity index (χ3n) is 5.39. The molecule has 0 aliphatic rings. The second-order valence-corrected chi connectivity index (χ2v) is 7.90. The lowest BCUT2D eigenvalue weighted by atomic mass is 10.1. The van der Waals surface area contributed by atoms with Gasteiger partial charge in [0.25, 0.3) is 11.5 Å². The number of carbonyl (C=O) groups excluding carboxylic acids is 1. The Hall–Kier alpha value is -4.70. The number of nitrogens with one attached hydrogen (secondary N) is 1. The normalized spacial score (nSPS) is 11.2. The minimum Gasteiger partial charge on any atom is -0.438 e. The predicted octanol–water partition coefficient (Wildman–Crippen LogP) is 4.96. The van der Waals surface area contributed by atoms with E-state index in [0.29, 0.717) is 17.1 Å². The third kappa shape index (κ3) is 4.71. The molecule has 2 aromatic heterocycles. The molecule has 4 rings (SSSR count). The van der Waals surface area contributed by atoms with E-state index in [-0.39, 0.29) is 17.0 Å². The zero-order valence-electron chi connectivity index (χ0n) is 19.0. The number of fused-ring (bicyclic) bond motifs is 1. The van der Waals surface area contributed by atoms with E-state index in [1.807, 2.05) is 51.1 Å². The van der Waals surface area contributed by atoms with Crippen molar-refractivity contribution in [2.75, 3.05) is 5.32 Å². The molecule has 0 fully saturated rings. The lowest BCUT2D eigenvalue weighted by Crippen LogP contribution is -2.20. The van der Waals surface area contributed by atoms with Gasteiger partial charge in [0, 0.05) is 11.9 Å². The number of hydrogen-bond acceptors (Lipinski definition) is 5. The Morgan fingerprint density at radius 3 is 2.53 bits per heavy atom. The van der Waals surface area contributed by atoms with Crippen LogP contribution < -0.4 is 15.6 Å². The maximum atomic E-state index is 13.3. The number of hydrogen-bond donors (Lipinski definition) is 1. The van der Waals surface area contributed by atoms with Gasteiger partial charge in [-0.15, -0.1) is 0 Å². The Morgan fingerprint density at radius 2 is 1.82 bits per heavy atom. The van der Waals surface area contributed by atoms with Crippen LogP contribution in [0.4, 0.5) is 5.69 Å². The number of nitriles is 1. The van der Waals surface area contributed by atoms with Crippen molar-refractivity contribution >= 4 is 23.3 Å². The Labute approximate surface area is 196 Å². The standard InChI is InChI=1S/C27H22N4O3/c1-17-7-11-22(12-8-17)34-26-23(27(33)31-13-5-4-6-24(31)30-26)15-20(16-28)25(32)29-21-10-9-18(2)19(3)14-21/h4-15H,1-3H3,(H,29,32)/b20-15-. The Kier molecular flexibility index (Phi) is 6.24. The van der Waals surface area contributed by atoms with Crippen molar-refractivity contribution in [2.24, 2.45) is 0 Å². The van der Waals surface area contributed by atoms with Crippen LogP contribution in [-0.4, -0.2) is 15.3 Å². The zero-order valence-corrected chi connectivity index (χ0v) is 19.0. The SMILES string of the molecule is Cc1ccc(Oc2nc3ccccn3c(=O)c2/C=C(/C#N)C(=O)Nc2ccc(C)c(C)c2)cc1. The van der Waals surface area contributed by atoms with Crippen molar-refractivity contribution in [3.05, 3.63) is 105 Å². The van der Waals surface area contributed by atoms with Gasteiger partial charge in [-0.3, -0.25) is 14.0 Å². The van der Waals surface area contributed by atoms with Crippen LogP contribution in [0.25, 0.3) is 11.7 Å². The first-order chi connectivity index (χ1) is 16.4. The number of ether oxygens (including phenoxy) is 1. The summed E-state index contributed by atoms with van der Waals surface area (Å²) < 4.78 is 7.25. The van der Waals surface area contributed by atoms with Crippen LogP contribution in [0.15, 0.2) is 77.2 Å². The van der Waals surface area contributed by atoms with Crippen molar-refractivity contribution in [3.8, 4) is 17.7 Å². The first kappa shape index (κ1) is 22.5. The monoisotopic (exact) mass is 450 g/mol. The molecule has 1 N–H and O–H groups in total. The number of rotatable bonds is 5. The molecule has 7 heteroatoms. The average Bonchev–Trinajstić information content (AvgIpc) is 2.83. The summed E-state index contributed by atoms with van der Waals surface area (Å²) in [6.45, 7) is 5.85. The average molecular weight is 450 g/mol. The summed E-state index contributed by atoms with van der Waals surface area (Å²) in [6, 6.07) is 19.7. The van der Waals surface area contributed by atoms with Crippen LogP contribution in [0.2, 0.25) is 0 Å². The van der Waals surface area contributed by atoms with Gasteiger partial charge in [-0.1, -0.05) is 29.8 Å². The molecule has 0 spiro atoms. The maximum Gasteiger partial charge on any atom is 0.269 e. The van der Waals surface area contributed by atoms with Crippen molar-refractivity contribution < 1.29 is 9.53 Å². The van der Waals surface area contributed by atoms with E-state index in [2.05, 4.69) is 10.3 Å². The third-order valence-corrected chi connectivity index (χ3v) is 5.39. The quantitative estimate of drug-likeness (QED) is 0.342. The van der Waals surface area contributed by atoms with E-state index >= 15 is 0 Å². The van der Waals surface area contributed by atoms with E-state index < -0.39 is 11.5 Å². The molecule has 34 heavy (non-hydrogen) atoms. The summed E-state index contributed by atoms with van der Waals surface area (Å²) in [4.78, 5) is 30.6. The molecule has 168 valence electrons. The fraction of sp³-hybridized carbons (Fsp3) is 0.111. The van der Waals surface area contributed by atoms with Gasteiger partial charge in [-0.2, -0.15) is 10.2 Å². The molecule has 2 heterocycles. The van der Waals surface area contributed by atoms with Gasteiger partial charge in [0.15, 0.2) is 0 Å². The van der Waals surface area contributed by atoms with Crippen LogP contribution in [0.1, 0.15) is 22.3 Å². The van der Waals surface area contributed by atoms with Crippen LogP contribution in [-0.2, 0) is 4.79 Å². The Bertz CT molecular complexity index is 1530. The van der Waals surface area contributed by atoms with E-state index in [9.17, 15) is 14.9 Å². The van der Waals surface area contributed by atoms with Gasteiger partial charge in [-0.25, -0.2) is 0 Å². The van der Waals surface area contributed by atoms with E-state index in [1.54, 1.807) is 42.6 Å². The highest BCUT2D eigenvalue weighted by atomic mass is 16.5. The zero-order chi connectivity index (χ0) is 24.2. The molecule has 7 nitrogen and oxygen atoms in total. The van der Waals surface area contributed by atoms with Crippen LogP contribution in [0, 0.1) is 32.1 Å². The van der Waals surface area contributed by atoms with E-state index in [1.165, 1.54) is 10.5 Å². The first-order valence-corrected chi connectivity index (χ1v) is 10.6. The summed E-state index contributed by atoms with van der Waals surface area (Å²) in [5.74, 6) is -0.151. The highest BCUT2D eigenvalue weighted by Crippen LogP contribution is 2.24. The number of aromatic nitrogens is 2. The topological polar surface area (TPSA) is 96.5 Å². The summed E-state index contributed by atoms with van der Waals surface area (Å²) in [6.07, 6.45) is 2.79. The lowest BCUT2D eigenvalue weighted by Gasteiger charge is -2.11. The molecule has 0 saturated heterocycles. The second kappa shape index (κ2) is 9.43. The van der Waals surface area contributed by atoms with Crippen LogP contribution in [0.5, 0.6) is 11.6 Å². The number of amides is 1. The molecule has 2 aromatic carbocycles. The fourth-order valence-electron chi connectivity index (χ4n) is 3.31. The number of carbonyl (C=O) groups is 1. The molecule has 0 radical (unpaired) electrons. The van der Waals surface area contributed by atoms with Gasteiger partial charge in [-0.05, 0) is 74.4 Å². The van der Waals surface area contributed by atoms with Crippen molar-refractivity contribution in [1.82, 2.24) is 9.38 Å². The largest absolute Gasteiger partial charge is 0.438 e. The molecular formula is C27H22N4O3. The summed E-state index contributed by atoms with van der Waals surface area (Å²) >= 11 is 0. The first-order valence-electron chi connectivity index (χ1n) is 10.6. The molecule has 0 aliphatic carbocycles. The molecule has 0 atom stereocenters. The number of aryl methyl sites for hydroxylation is 3. The van der Waals surface area contributed by atoms with Gasteiger partial charge in [0.05, 0.1) is 0 Å². The molecule has 0 unspecified atom stereocenters. The maximum absolute atomic E-state index is 13.3. The van der Waals surface area contributed by atoms with E-state index in [0.717, 1.165) is 16.7 Å². The minimum absolute atomic E-state index is 0.00365. The van der Waals surface area contributed by atoms with Crippen molar-refractivity contribution in [1.29, 1.82) is 5.26 Å². The van der Waals surface area contributed by atoms with Gasteiger partial charge < -0.3 is 10.1 Å². The number of benzene rings is 2. The predicted molar refractivity (Wildman–Crippen MR) is 131 cm³/mol. The number of nitrogens with zero attached hydrogens (tertiary/aromatic N) is 3. The van der Waals surface area contributed by atoms with Gasteiger partial charge in [0.2, 0.25) is 5.88 Å². The van der Waals surface area contributed by atoms with Crippen LogP contribution in [0.3, 0.4) is 0 Å². The molecular weight excluding hydrogens is 428 g/mol. The Morgan fingerprint density at radius 1 is 1.06 bits per heavy atom. The highest BCUT2D eigenvalue weighted by Gasteiger charge is 2.17. The van der Waals surface area contributed by atoms with Gasteiger partial charge in [0.1, 0.15) is 28.6 Å². The molecule has 1 amide bonds. The molecule has 0 bridgehead atoms. The van der Waals surface area contributed by atoms with Crippen molar-refractivity contribution in [2.45, 2.75) is 20.8 Å². The number of anilines is 1. The van der Waals surface area contributed by atoms with E-state index in [4.69, 9.17) is 4.74 Å². The molecule has 0 saturated carbocycles. The fourth-order valence-corrected chi connectivity index (χ4v) is 3.31. The summed E-state index contributed by atoms with van der Waals surface area (Å²) in [7, 11) is 0. The second-order valence-electron chi connectivity index (χ2n) is 7.90. The molecule has 4 aromatic rings. The summed E-state index contributed by atoms with van der Waals surface area (Å²) in [5.41, 5.74) is 3.36. The lowest BCUT2D eigenvalue weighted by molar-refractivity contribution is -0.112. The van der Waals surface area contributed by atoms with Crippen LogP contribution >= 0.6 is 0 Å². The Balaban J connectivity index is 1.78.